The lowest BCUT2D eigenvalue weighted by molar-refractivity contribution is 0.206. The van der Waals surface area contributed by atoms with Crippen molar-refractivity contribution in [2.75, 3.05) is 6.54 Å². The van der Waals surface area contributed by atoms with Gasteiger partial charge in [0.15, 0.2) is 0 Å². The molecule has 2 heteroatoms. The van der Waals surface area contributed by atoms with Crippen LogP contribution < -0.4 is 10.9 Å². The molecule has 1 unspecified atom stereocenters. The summed E-state index contributed by atoms with van der Waals surface area (Å²) in [4.78, 5) is 0. The Morgan fingerprint density at radius 3 is 2.67 bits per heavy atom. The second-order valence-corrected chi connectivity index (χ2v) is 7.82. The van der Waals surface area contributed by atoms with E-state index in [9.17, 15) is 0 Å². The second kappa shape index (κ2) is 8.33. The van der Waals surface area contributed by atoms with Gasteiger partial charge in [-0.25, -0.2) is 0 Å². The Kier molecular flexibility index (Phi) is 6.75. The van der Waals surface area contributed by atoms with Gasteiger partial charge in [-0.15, -0.1) is 0 Å². The standard InChI is InChI=1S/C19H36N2/c1-4-14-19(2,3)18(15-20-21-17-12-13-17)16-10-8-6-5-7-9-11-16/h10,17-18,20-21H,4-9,11-15H2,1-3H3/b16-10-. The first-order valence-corrected chi connectivity index (χ1v) is 9.31. The van der Waals surface area contributed by atoms with Crippen molar-refractivity contribution in [3.8, 4) is 0 Å². The third-order valence-corrected chi connectivity index (χ3v) is 5.30. The van der Waals surface area contributed by atoms with E-state index in [1.807, 2.05) is 0 Å². The minimum Gasteiger partial charge on any atom is -0.257 e. The van der Waals surface area contributed by atoms with Crippen molar-refractivity contribution in [1.82, 2.24) is 10.9 Å². The summed E-state index contributed by atoms with van der Waals surface area (Å²) in [6.45, 7) is 8.36. The van der Waals surface area contributed by atoms with Gasteiger partial charge in [-0.1, -0.05) is 51.7 Å². The molecule has 0 amide bonds. The zero-order valence-corrected chi connectivity index (χ0v) is 14.5. The first kappa shape index (κ1) is 17.0. The minimum absolute atomic E-state index is 0.401. The number of rotatable bonds is 8. The summed E-state index contributed by atoms with van der Waals surface area (Å²) in [7, 11) is 0. The van der Waals surface area contributed by atoms with Gasteiger partial charge < -0.3 is 0 Å². The van der Waals surface area contributed by atoms with Crippen molar-refractivity contribution in [2.45, 2.75) is 91.0 Å². The van der Waals surface area contributed by atoms with E-state index in [1.54, 1.807) is 5.57 Å². The highest BCUT2D eigenvalue weighted by molar-refractivity contribution is 5.12. The molecule has 2 nitrogen and oxygen atoms in total. The van der Waals surface area contributed by atoms with Crippen molar-refractivity contribution in [1.29, 1.82) is 0 Å². The first-order chi connectivity index (χ1) is 10.1. The molecule has 0 aromatic rings. The van der Waals surface area contributed by atoms with E-state index in [4.69, 9.17) is 0 Å². The highest BCUT2D eigenvalue weighted by Crippen LogP contribution is 2.39. The second-order valence-electron chi connectivity index (χ2n) is 7.82. The van der Waals surface area contributed by atoms with Gasteiger partial charge in [0.2, 0.25) is 0 Å². The normalized spacial score (nSPS) is 24.8. The molecule has 1 saturated carbocycles. The molecule has 0 radical (unpaired) electrons. The summed E-state index contributed by atoms with van der Waals surface area (Å²) in [5.41, 5.74) is 9.18. The van der Waals surface area contributed by atoms with Crippen LogP contribution in [0.5, 0.6) is 0 Å². The topological polar surface area (TPSA) is 24.1 Å². The molecule has 21 heavy (non-hydrogen) atoms. The molecule has 0 aromatic carbocycles. The lowest BCUT2D eigenvalue weighted by atomic mass is 9.70. The molecule has 0 aliphatic heterocycles. The molecule has 1 atom stereocenters. The molecule has 2 N–H and O–H groups in total. The van der Waals surface area contributed by atoms with Gasteiger partial charge in [0.1, 0.15) is 0 Å². The van der Waals surface area contributed by atoms with Crippen molar-refractivity contribution in [3.63, 3.8) is 0 Å². The van der Waals surface area contributed by atoms with Crippen molar-refractivity contribution in [3.05, 3.63) is 11.6 Å². The van der Waals surface area contributed by atoms with E-state index >= 15 is 0 Å². The lowest BCUT2D eigenvalue weighted by Crippen LogP contribution is -2.42. The number of hydrazine groups is 1. The number of hydrogen-bond donors (Lipinski definition) is 2. The zero-order chi connectivity index (χ0) is 15.1. The monoisotopic (exact) mass is 292 g/mol. The maximum atomic E-state index is 3.55. The van der Waals surface area contributed by atoms with Gasteiger partial charge in [0.25, 0.3) is 0 Å². The summed E-state index contributed by atoms with van der Waals surface area (Å²) >= 11 is 0. The van der Waals surface area contributed by atoms with Gasteiger partial charge in [-0.2, -0.15) is 0 Å². The number of allylic oxidation sites excluding steroid dienone is 1. The highest BCUT2D eigenvalue weighted by atomic mass is 15.4. The molecule has 0 saturated heterocycles. The van der Waals surface area contributed by atoms with Crippen LogP contribution in [0.4, 0.5) is 0 Å². The Labute approximate surface area is 132 Å². The van der Waals surface area contributed by atoms with Gasteiger partial charge in [-0.05, 0) is 56.3 Å². The summed E-state index contributed by atoms with van der Waals surface area (Å²) in [5, 5.41) is 0. The van der Waals surface area contributed by atoms with Gasteiger partial charge >= 0.3 is 0 Å². The molecule has 2 rings (SSSR count). The molecule has 2 aliphatic rings. The van der Waals surface area contributed by atoms with Crippen LogP contribution in [0.3, 0.4) is 0 Å². The first-order valence-electron chi connectivity index (χ1n) is 9.31. The summed E-state index contributed by atoms with van der Waals surface area (Å²) in [5.74, 6) is 0.682. The van der Waals surface area contributed by atoms with Crippen LogP contribution in [0, 0.1) is 11.3 Å². The van der Waals surface area contributed by atoms with Gasteiger partial charge in [0.05, 0.1) is 0 Å². The molecule has 0 spiro atoms. The van der Waals surface area contributed by atoms with E-state index in [-0.39, 0.29) is 0 Å². The Bertz CT molecular complexity index is 328. The van der Waals surface area contributed by atoms with E-state index in [0.29, 0.717) is 11.3 Å². The van der Waals surface area contributed by atoms with Crippen molar-refractivity contribution >= 4 is 0 Å². The third-order valence-electron chi connectivity index (χ3n) is 5.30. The Hall–Kier alpha value is -0.340. The van der Waals surface area contributed by atoms with Gasteiger partial charge in [0, 0.05) is 12.6 Å². The van der Waals surface area contributed by atoms with Gasteiger partial charge in [-0.3, -0.25) is 10.9 Å². The van der Waals surface area contributed by atoms with E-state index in [2.05, 4.69) is 37.7 Å². The largest absolute Gasteiger partial charge is 0.257 e. The predicted octanol–water partition coefficient (Wildman–Crippen LogP) is 4.97. The lowest BCUT2D eigenvalue weighted by Gasteiger charge is -2.37. The highest BCUT2D eigenvalue weighted by Gasteiger charge is 2.31. The van der Waals surface area contributed by atoms with Crippen LogP contribution >= 0.6 is 0 Å². The fourth-order valence-electron chi connectivity index (χ4n) is 3.79. The van der Waals surface area contributed by atoms with Crippen LogP contribution in [-0.4, -0.2) is 12.6 Å². The average molecular weight is 293 g/mol. The molecule has 122 valence electrons. The predicted molar refractivity (Wildman–Crippen MR) is 92.1 cm³/mol. The quantitative estimate of drug-likeness (QED) is 0.488. The molecular formula is C19H36N2. The van der Waals surface area contributed by atoms with Crippen LogP contribution in [0.1, 0.15) is 85.0 Å². The van der Waals surface area contributed by atoms with E-state index < -0.39 is 0 Å². The van der Waals surface area contributed by atoms with Crippen LogP contribution in [0.15, 0.2) is 11.6 Å². The zero-order valence-electron chi connectivity index (χ0n) is 14.5. The van der Waals surface area contributed by atoms with Crippen molar-refractivity contribution < 1.29 is 0 Å². The molecule has 0 bridgehead atoms. The van der Waals surface area contributed by atoms with Crippen LogP contribution in [-0.2, 0) is 0 Å². The number of hydrogen-bond acceptors (Lipinski definition) is 2. The smallest absolute Gasteiger partial charge is 0.0214 e. The molecule has 1 fully saturated rings. The fraction of sp³-hybridized carbons (Fsp3) is 0.895. The SMILES string of the molecule is CCCC(C)(C)C(CNNC1CC1)/C1=C\CCCCCC1. The maximum absolute atomic E-state index is 3.55. The minimum atomic E-state index is 0.401. The molecular weight excluding hydrogens is 256 g/mol. The van der Waals surface area contributed by atoms with Crippen LogP contribution in [0.25, 0.3) is 0 Å². The Morgan fingerprint density at radius 2 is 1.95 bits per heavy atom. The fourth-order valence-corrected chi connectivity index (χ4v) is 3.79. The Balaban J connectivity index is 2.00. The van der Waals surface area contributed by atoms with E-state index in [0.717, 1.165) is 12.6 Å². The third kappa shape index (κ3) is 5.75. The summed E-state index contributed by atoms with van der Waals surface area (Å²) in [6.07, 6.45) is 16.1. The summed E-state index contributed by atoms with van der Waals surface area (Å²) in [6, 6.07) is 0.742. The summed E-state index contributed by atoms with van der Waals surface area (Å²) < 4.78 is 0. The molecule has 0 heterocycles. The molecule has 2 aliphatic carbocycles. The maximum Gasteiger partial charge on any atom is 0.0214 e. The molecule has 0 aromatic heterocycles. The number of nitrogens with one attached hydrogen (secondary N) is 2. The Morgan fingerprint density at radius 1 is 1.19 bits per heavy atom. The van der Waals surface area contributed by atoms with E-state index in [1.165, 1.54) is 64.2 Å². The van der Waals surface area contributed by atoms with Crippen LogP contribution in [0.2, 0.25) is 0 Å². The van der Waals surface area contributed by atoms with Crippen molar-refractivity contribution in [2.24, 2.45) is 11.3 Å². The average Bonchev–Trinajstić information content (AvgIpc) is 3.19.